The number of hydrogen-bond donors (Lipinski definition) is 3. The van der Waals surface area contributed by atoms with E-state index in [1.165, 1.54) is 0 Å². The van der Waals surface area contributed by atoms with Gasteiger partial charge in [0, 0.05) is 24.6 Å². The quantitative estimate of drug-likeness (QED) is 0.700. The molecule has 2 bridgehead atoms. The number of amides is 2. The zero-order chi connectivity index (χ0) is 21.4. The maximum atomic E-state index is 12.6. The molecule has 2 fully saturated rings. The summed E-state index contributed by atoms with van der Waals surface area (Å²) in [6.07, 6.45) is 4.65. The number of benzene rings is 2. The van der Waals surface area contributed by atoms with Gasteiger partial charge in [0.15, 0.2) is 0 Å². The van der Waals surface area contributed by atoms with Crippen molar-refractivity contribution < 1.29 is 9.59 Å². The van der Waals surface area contributed by atoms with Crippen molar-refractivity contribution in [3.63, 3.8) is 0 Å². The smallest absolute Gasteiger partial charge is 0.251 e. The number of carbonyl (C=O) groups is 2. The molecule has 0 spiro atoms. The summed E-state index contributed by atoms with van der Waals surface area (Å²) in [4.78, 5) is 24.7. The van der Waals surface area contributed by atoms with Gasteiger partial charge in [-0.25, -0.2) is 0 Å². The van der Waals surface area contributed by atoms with E-state index in [0.717, 1.165) is 53.5 Å². The minimum atomic E-state index is -0.549. The second-order valence-corrected chi connectivity index (χ2v) is 8.88. The molecule has 1 saturated carbocycles. The first-order chi connectivity index (χ1) is 15.1. The normalized spacial score (nSPS) is 24.7. The molecule has 0 radical (unpaired) electrons. The number of carbonyl (C=O) groups excluding carboxylic acids is 2. The van der Waals surface area contributed by atoms with Crippen molar-refractivity contribution in [2.75, 3.05) is 6.54 Å². The highest BCUT2D eigenvalue weighted by Crippen LogP contribution is 2.35. The molecule has 2 heterocycles. The first kappa shape index (κ1) is 19.8. The third-order valence-corrected chi connectivity index (χ3v) is 6.88. The maximum Gasteiger partial charge on any atom is 0.251 e. The van der Waals surface area contributed by atoms with E-state index in [-0.39, 0.29) is 17.9 Å². The Morgan fingerprint density at radius 1 is 1.16 bits per heavy atom. The highest BCUT2D eigenvalue weighted by atomic mass is 16.2. The summed E-state index contributed by atoms with van der Waals surface area (Å²) in [7, 11) is 0. The average molecular weight is 415 g/mol. The summed E-state index contributed by atoms with van der Waals surface area (Å²) in [5.74, 6) is 0.335. The van der Waals surface area contributed by atoms with Gasteiger partial charge in [0.05, 0.1) is 12.1 Å². The number of hydrogen-bond acceptors (Lipinski definition) is 4. The summed E-state index contributed by atoms with van der Waals surface area (Å²) in [6.45, 7) is 0.689. The Kier molecular flexibility index (Phi) is 5.21. The molecular weight excluding hydrogens is 388 g/mol. The van der Waals surface area contributed by atoms with Crippen molar-refractivity contribution in [3.8, 4) is 17.2 Å². The van der Waals surface area contributed by atoms with Crippen LogP contribution in [0.4, 0.5) is 0 Å². The van der Waals surface area contributed by atoms with Crippen LogP contribution in [0.2, 0.25) is 0 Å². The van der Waals surface area contributed by atoms with Crippen molar-refractivity contribution in [2.24, 2.45) is 5.92 Å². The summed E-state index contributed by atoms with van der Waals surface area (Å²) >= 11 is 0. The molecule has 6 heteroatoms. The number of piperidine rings is 1. The van der Waals surface area contributed by atoms with Crippen LogP contribution in [0.5, 0.6) is 0 Å². The second-order valence-electron chi connectivity index (χ2n) is 8.88. The van der Waals surface area contributed by atoms with Gasteiger partial charge in [-0.05, 0) is 59.9 Å². The van der Waals surface area contributed by atoms with Crippen LogP contribution < -0.4 is 16.0 Å². The number of rotatable bonds is 5. The molecule has 2 aromatic carbocycles. The van der Waals surface area contributed by atoms with E-state index in [9.17, 15) is 14.9 Å². The molecule has 31 heavy (non-hydrogen) atoms. The molecule has 1 saturated heterocycles. The van der Waals surface area contributed by atoms with Gasteiger partial charge in [-0.2, -0.15) is 5.26 Å². The molecule has 2 amide bonds. The Bertz CT molecular complexity index is 1060. The fourth-order valence-electron chi connectivity index (χ4n) is 5.20. The van der Waals surface area contributed by atoms with Crippen molar-refractivity contribution in [3.05, 3.63) is 59.2 Å². The predicted molar refractivity (Wildman–Crippen MR) is 117 cm³/mol. The standard InChI is InChI=1S/C25H26N4O2/c26-14-21(29-25(31)23-19-7-8-20(12-19)28-23)11-15-1-3-16(4-2-15)18-6-5-17-9-10-27-24(30)22(17)13-18/h1-6,13,19-21,23,28H,7-12H2,(H,27,30)(H,29,31). The van der Waals surface area contributed by atoms with Crippen molar-refractivity contribution >= 4 is 11.8 Å². The largest absolute Gasteiger partial charge is 0.352 e. The Balaban J connectivity index is 1.24. The number of nitrogens with one attached hydrogen (secondary N) is 3. The van der Waals surface area contributed by atoms with Crippen LogP contribution in [-0.4, -0.2) is 36.5 Å². The van der Waals surface area contributed by atoms with Gasteiger partial charge in [0.2, 0.25) is 5.91 Å². The molecule has 4 unspecified atom stereocenters. The Hall–Kier alpha value is -3.17. The Morgan fingerprint density at radius 3 is 2.68 bits per heavy atom. The van der Waals surface area contributed by atoms with Crippen LogP contribution in [0.3, 0.4) is 0 Å². The van der Waals surface area contributed by atoms with Crippen molar-refractivity contribution in [1.29, 1.82) is 5.26 Å². The summed E-state index contributed by atoms with van der Waals surface area (Å²) in [5.41, 5.74) is 4.84. The van der Waals surface area contributed by atoms with Crippen LogP contribution in [0.1, 0.15) is 40.7 Å². The number of nitrogens with zero attached hydrogens (tertiary/aromatic N) is 1. The van der Waals surface area contributed by atoms with E-state index in [0.29, 0.717) is 24.9 Å². The van der Waals surface area contributed by atoms with Gasteiger partial charge in [-0.1, -0.05) is 36.4 Å². The average Bonchev–Trinajstić information content (AvgIpc) is 3.43. The SMILES string of the molecule is N#CC(Cc1ccc(-c2ccc3c(c2)C(=O)NCC3)cc1)NC(=O)C1NC2CCC1C2. The lowest BCUT2D eigenvalue weighted by Crippen LogP contribution is -2.50. The lowest BCUT2D eigenvalue weighted by Gasteiger charge is -2.23. The zero-order valence-corrected chi connectivity index (χ0v) is 17.4. The Morgan fingerprint density at radius 2 is 1.97 bits per heavy atom. The highest BCUT2D eigenvalue weighted by molar-refractivity contribution is 5.98. The van der Waals surface area contributed by atoms with Gasteiger partial charge in [0.1, 0.15) is 6.04 Å². The first-order valence-corrected chi connectivity index (χ1v) is 11.1. The van der Waals surface area contributed by atoms with E-state index < -0.39 is 6.04 Å². The highest BCUT2D eigenvalue weighted by Gasteiger charge is 2.43. The number of fused-ring (bicyclic) bond motifs is 3. The summed E-state index contributed by atoms with van der Waals surface area (Å²) < 4.78 is 0. The molecule has 2 aromatic rings. The maximum absolute atomic E-state index is 12.6. The molecule has 3 aliphatic rings. The number of nitriles is 1. The third-order valence-electron chi connectivity index (χ3n) is 6.88. The summed E-state index contributed by atoms with van der Waals surface area (Å²) in [6, 6.07) is 16.0. The molecule has 5 rings (SSSR count). The molecule has 4 atom stereocenters. The third kappa shape index (κ3) is 3.94. The van der Waals surface area contributed by atoms with Crippen LogP contribution >= 0.6 is 0 Å². The van der Waals surface area contributed by atoms with Crippen LogP contribution in [0.25, 0.3) is 11.1 Å². The fraction of sp³-hybridized carbons (Fsp3) is 0.400. The molecule has 2 aliphatic heterocycles. The van der Waals surface area contributed by atoms with Gasteiger partial charge in [0.25, 0.3) is 5.91 Å². The lowest BCUT2D eigenvalue weighted by molar-refractivity contribution is -0.124. The van der Waals surface area contributed by atoms with Crippen LogP contribution in [0.15, 0.2) is 42.5 Å². The van der Waals surface area contributed by atoms with Crippen LogP contribution in [0, 0.1) is 17.2 Å². The predicted octanol–water partition coefficient (Wildman–Crippen LogP) is 2.33. The molecular formula is C25H26N4O2. The minimum absolute atomic E-state index is 0.0164. The minimum Gasteiger partial charge on any atom is -0.352 e. The van der Waals surface area contributed by atoms with E-state index in [1.807, 2.05) is 42.5 Å². The zero-order valence-electron chi connectivity index (χ0n) is 17.4. The first-order valence-electron chi connectivity index (χ1n) is 11.1. The van der Waals surface area contributed by atoms with Gasteiger partial charge < -0.3 is 16.0 Å². The van der Waals surface area contributed by atoms with Gasteiger partial charge in [-0.15, -0.1) is 0 Å². The van der Waals surface area contributed by atoms with E-state index in [1.54, 1.807) is 0 Å². The van der Waals surface area contributed by atoms with E-state index in [2.05, 4.69) is 22.0 Å². The molecule has 6 nitrogen and oxygen atoms in total. The molecule has 158 valence electrons. The topological polar surface area (TPSA) is 94.0 Å². The van der Waals surface area contributed by atoms with Gasteiger partial charge in [-0.3, -0.25) is 9.59 Å². The van der Waals surface area contributed by atoms with Crippen molar-refractivity contribution in [2.45, 2.75) is 50.2 Å². The second kappa shape index (κ2) is 8.16. The fourth-order valence-corrected chi connectivity index (χ4v) is 5.20. The molecule has 0 aromatic heterocycles. The van der Waals surface area contributed by atoms with E-state index in [4.69, 9.17) is 0 Å². The monoisotopic (exact) mass is 414 g/mol. The summed E-state index contributed by atoms with van der Waals surface area (Å²) in [5, 5.41) is 18.8. The van der Waals surface area contributed by atoms with E-state index >= 15 is 0 Å². The lowest BCUT2D eigenvalue weighted by atomic mass is 9.94. The van der Waals surface area contributed by atoms with Crippen molar-refractivity contribution in [1.82, 2.24) is 16.0 Å². The molecule has 1 aliphatic carbocycles. The van der Waals surface area contributed by atoms with Crippen LogP contribution in [-0.2, 0) is 17.6 Å². The molecule has 3 N–H and O–H groups in total. The Labute approximate surface area is 182 Å². The van der Waals surface area contributed by atoms with Gasteiger partial charge >= 0.3 is 0 Å².